The largest absolute Gasteiger partial charge is 0.493 e. The standard InChI is InChI=1S/C11H8N4O2/c16-9-6-8(7-4-2-1-3-5-7)12-10-13-11(17)14-15(9)10/h1-6,16H,(H,14,17). The third kappa shape index (κ3) is 1.55. The van der Waals surface area contributed by atoms with Crippen LogP contribution in [0.25, 0.3) is 17.0 Å². The molecule has 2 aromatic heterocycles. The number of fused-ring (bicyclic) bond motifs is 1. The zero-order chi connectivity index (χ0) is 11.8. The Morgan fingerprint density at radius 2 is 1.76 bits per heavy atom. The maximum absolute atomic E-state index is 9.74. The molecular weight excluding hydrogens is 220 g/mol. The molecule has 0 amide bonds. The van der Waals surface area contributed by atoms with Gasteiger partial charge in [-0.25, -0.2) is 4.98 Å². The minimum absolute atomic E-state index is 0.123. The van der Waals surface area contributed by atoms with Crippen molar-refractivity contribution in [3.63, 3.8) is 0 Å². The summed E-state index contributed by atoms with van der Waals surface area (Å²) in [7, 11) is 0. The highest BCUT2D eigenvalue weighted by atomic mass is 16.3. The van der Waals surface area contributed by atoms with E-state index in [-0.39, 0.29) is 11.7 Å². The molecule has 3 aromatic rings. The second kappa shape index (κ2) is 3.44. The van der Waals surface area contributed by atoms with Crippen LogP contribution in [0.5, 0.6) is 11.9 Å². The van der Waals surface area contributed by atoms with Crippen molar-refractivity contribution in [1.82, 2.24) is 19.6 Å². The lowest BCUT2D eigenvalue weighted by molar-refractivity contribution is 0.411. The highest BCUT2D eigenvalue weighted by Gasteiger charge is 2.10. The van der Waals surface area contributed by atoms with Crippen molar-refractivity contribution in [2.75, 3.05) is 0 Å². The number of hydrogen-bond donors (Lipinski definition) is 2. The lowest BCUT2D eigenvalue weighted by Crippen LogP contribution is -1.94. The number of benzene rings is 1. The summed E-state index contributed by atoms with van der Waals surface area (Å²) in [6, 6.07) is 10.4. The third-order valence-corrected chi connectivity index (χ3v) is 2.35. The van der Waals surface area contributed by atoms with E-state index in [0.29, 0.717) is 5.69 Å². The average Bonchev–Trinajstić information content (AvgIpc) is 2.71. The van der Waals surface area contributed by atoms with E-state index in [0.717, 1.165) is 10.1 Å². The van der Waals surface area contributed by atoms with Crippen molar-refractivity contribution < 1.29 is 10.2 Å². The Bertz CT molecular complexity index is 679. The molecule has 0 bridgehead atoms. The summed E-state index contributed by atoms with van der Waals surface area (Å²) in [6.07, 6.45) is 0. The lowest BCUT2D eigenvalue weighted by Gasteiger charge is -2.01. The van der Waals surface area contributed by atoms with Crippen molar-refractivity contribution in [2.45, 2.75) is 0 Å². The highest BCUT2D eigenvalue weighted by Crippen LogP contribution is 2.22. The van der Waals surface area contributed by atoms with Gasteiger partial charge in [0.2, 0.25) is 5.88 Å². The van der Waals surface area contributed by atoms with Crippen LogP contribution in [0.15, 0.2) is 36.4 Å². The molecule has 0 atom stereocenters. The average molecular weight is 228 g/mol. The topological polar surface area (TPSA) is 83.5 Å². The van der Waals surface area contributed by atoms with E-state index < -0.39 is 6.01 Å². The quantitative estimate of drug-likeness (QED) is 0.653. The Balaban J connectivity index is 2.25. The molecule has 0 spiro atoms. The van der Waals surface area contributed by atoms with Crippen molar-refractivity contribution in [3.8, 4) is 23.1 Å². The maximum atomic E-state index is 9.74. The fraction of sp³-hybridized carbons (Fsp3) is 0. The minimum atomic E-state index is -0.419. The number of nitrogens with zero attached hydrogens (tertiary/aromatic N) is 4. The molecule has 3 rings (SSSR count). The zero-order valence-electron chi connectivity index (χ0n) is 8.65. The number of aromatic nitrogens is 4. The summed E-state index contributed by atoms with van der Waals surface area (Å²) < 4.78 is 1.07. The van der Waals surface area contributed by atoms with Crippen molar-refractivity contribution in [3.05, 3.63) is 36.4 Å². The lowest BCUT2D eigenvalue weighted by atomic mass is 10.1. The highest BCUT2D eigenvalue weighted by molar-refractivity contribution is 5.62. The van der Waals surface area contributed by atoms with E-state index in [9.17, 15) is 5.11 Å². The molecule has 0 aliphatic rings. The summed E-state index contributed by atoms with van der Waals surface area (Å²) in [5.41, 5.74) is 1.43. The molecule has 0 aliphatic carbocycles. The van der Waals surface area contributed by atoms with Crippen LogP contribution in [0.4, 0.5) is 0 Å². The molecule has 2 N–H and O–H groups in total. The third-order valence-electron chi connectivity index (χ3n) is 2.35. The van der Waals surface area contributed by atoms with E-state index in [2.05, 4.69) is 15.1 Å². The Labute approximate surface area is 95.8 Å². The summed E-state index contributed by atoms with van der Waals surface area (Å²) in [5, 5.41) is 22.5. The number of rotatable bonds is 1. The van der Waals surface area contributed by atoms with E-state index >= 15 is 0 Å². The Morgan fingerprint density at radius 1 is 1.00 bits per heavy atom. The van der Waals surface area contributed by atoms with Crippen LogP contribution in [0, 0.1) is 0 Å². The molecule has 0 unspecified atom stereocenters. The zero-order valence-corrected chi connectivity index (χ0v) is 8.65. The van der Waals surface area contributed by atoms with Crippen molar-refractivity contribution in [2.24, 2.45) is 0 Å². The summed E-state index contributed by atoms with van der Waals surface area (Å²) >= 11 is 0. The van der Waals surface area contributed by atoms with Gasteiger partial charge in [0.15, 0.2) is 0 Å². The van der Waals surface area contributed by atoms with Gasteiger partial charge in [0.25, 0.3) is 5.78 Å². The molecule has 6 heteroatoms. The van der Waals surface area contributed by atoms with Gasteiger partial charge in [0.05, 0.1) is 5.69 Å². The second-order valence-electron chi connectivity index (χ2n) is 3.49. The van der Waals surface area contributed by atoms with Crippen LogP contribution in [-0.2, 0) is 0 Å². The van der Waals surface area contributed by atoms with Gasteiger partial charge in [0.1, 0.15) is 0 Å². The molecule has 0 aliphatic heterocycles. The van der Waals surface area contributed by atoms with Crippen LogP contribution in [0.1, 0.15) is 0 Å². The van der Waals surface area contributed by atoms with E-state index in [1.54, 1.807) is 0 Å². The first-order chi connectivity index (χ1) is 8.24. The van der Waals surface area contributed by atoms with E-state index in [4.69, 9.17) is 5.11 Å². The first kappa shape index (κ1) is 9.59. The Morgan fingerprint density at radius 3 is 2.53 bits per heavy atom. The fourth-order valence-corrected chi connectivity index (χ4v) is 1.60. The van der Waals surface area contributed by atoms with Gasteiger partial charge in [-0.15, -0.1) is 5.10 Å². The van der Waals surface area contributed by atoms with Gasteiger partial charge < -0.3 is 10.2 Å². The normalized spacial score (nSPS) is 10.8. The Hall–Kier alpha value is -2.63. The second-order valence-corrected chi connectivity index (χ2v) is 3.49. The van der Waals surface area contributed by atoms with Crippen LogP contribution in [0.3, 0.4) is 0 Å². The number of hydrogen-bond acceptors (Lipinski definition) is 5. The first-order valence-electron chi connectivity index (χ1n) is 4.95. The maximum Gasteiger partial charge on any atom is 0.335 e. The van der Waals surface area contributed by atoms with Crippen LogP contribution >= 0.6 is 0 Å². The van der Waals surface area contributed by atoms with Crippen LogP contribution in [0.2, 0.25) is 0 Å². The SMILES string of the molecule is Oc1nc2nc(-c3ccccc3)cc(O)n2n1. The fourth-order valence-electron chi connectivity index (χ4n) is 1.60. The van der Waals surface area contributed by atoms with Gasteiger partial charge in [-0.05, 0) is 0 Å². The minimum Gasteiger partial charge on any atom is -0.493 e. The molecule has 0 saturated heterocycles. The first-order valence-corrected chi connectivity index (χ1v) is 4.95. The van der Waals surface area contributed by atoms with E-state index in [1.807, 2.05) is 30.3 Å². The predicted molar refractivity (Wildman–Crippen MR) is 59.5 cm³/mol. The summed E-state index contributed by atoms with van der Waals surface area (Å²) in [6.45, 7) is 0. The van der Waals surface area contributed by atoms with Gasteiger partial charge in [-0.1, -0.05) is 30.3 Å². The molecule has 84 valence electrons. The van der Waals surface area contributed by atoms with Crippen molar-refractivity contribution >= 4 is 5.78 Å². The molecule has 17 heavy (non-hydrogen) atoms. The molecule has 1 aromatic carbocycles. The molecule has 0 fully saturated rings. The van der Waals surface area contributed by atoms with E-state index in [1.165, 1.54) is 6.07 Å². The molecule has 2 heterocycles. The van der Waals surface area contributed by atoms with Crippen LogP contribution in [-0.4, -0.2) is 29.8 Å². The molecule has 0 radical (unpaired) electrons. The monoisotopic (exact) mass is 228 g/mol. The van der Waals surface area contributed by atoms with Gasteiger partial charge in [-0.2, -0.15) is 9.50 Å². The molecular formula is C11H8N4O2. The van der Waals surface area contributed by atoms with Crippen molar-refractivity contribution in [1.29, 1.82) is 0 Å². The molecule has 6 nitrogen and oxygen atoms in total. The summed E-state index contributed by atoms with van der Waals surface area (Å²) in [4.78, 5) is 7.89. The predicted octanol–water partition coefficient (Wildman–Crippen LogP) is 1.20. The van der Waals surface area contributed by atoms with Gasteiger partial charge in [0, 0.05) is 11.6 Å². The summed E-state index contributed by atoms with van der Waals surface area (Å²) in [5.74, 6) is 0.0306. The number of aromatic hydroxyl groups is 2. The van der Waals surface area contributed by atoms with Crippen LogP contribution < -0.4 is 0 Å². The van der Waals surface area contributed by atoms with Gasteiger partial charge >= 0.3 is 6.01 Å². The Kier molecular flexibility index (Phi) is 1.94. The smallest absolute Gasteiger partial charge is 0.335 e. The molecule has 0 saturated carbocycles. The van der Waals surface area contributed by atoms with Gasteiger partial charge in [-0.3, -0.25) is 0 Å².